The molecule has 2 aromatic rings. The maximum absolute atomic E-state index is 12.3. The Labute approximate surface area is 145 Å². The van der Waals surface area contributed by atoms with Crippen molar-refractivity contribution in [3.8, 4) is 0 Å². The number of anilines is 1. The maximum Gasteiger partial charge on any atom is 0.333 e. The van der Waals surface area contributed by atoms with Crippen LogP contribution in [0.5, 0.6) is 0 Å². The SMILES string of the molecule is O=C(Nc1c2c(cc3c1CCC3)CCC2)NS(=O)(=O)c1ncccn1. The molecule has 2 amide bonds. The van der Waals surface area contributed by atoms with Crippen molar-refractivity contribution in [3.05, 3.63) is 46.8 Å². The van der Waals surface area contributed by atoms with Crippen LogP contribution in [0.4, 0.5) is 10.5 Å². The van der Waals surface area contributed by atoms with E-state index in [1.807, 2.05) is 4.72 Å². The smallest absolute Gasteiger partial charge is 0.307 e. The summed E-state index contributed by atoms with van der Waals surface area (Å²) in [5.74, 6) is 0. The average Bonchev–Trinajstić information content (AvgIpc) is 3.24. The molecule has 0 radical (unpaired) electrons. The van der Waals surface area contributed by atoms with Gasteiger partial charge >= 0.3 is 16.1 Å². The largest absolute Gasteiger partial charge is 0.333 e. The van der Waals surface area contributed by atoms with Crippen molar-refractivity contribution >= 4 is 21.7 Å². The number of hydrogen-bond donors (Lipinski definition) is 2. The number of aromatic nitrogens is 2. The van der Waals surface area contributed by atoms with E-state index in [2.05, 4.69) is 21.4 Å². The highest BCUT2D eigenvalue weighted by molar-refractivity contribution is 7.89. The lowest BCUT2D eigenvalue weighted by atomic mass is 9.99. The molecule has 7 nitrogen and oxygen atoms in total. The molecule has 0 aliphatic heterocycles. The van der Waals surface area contributed by atoms with Gasteiger partial charge < -0.3 is 5.32 Å². The summed E-state index contributed by atoms with van der Waals surface area (Å²) in [5, 5.41) is 2.36. The van der Waals surface area contributed by atoms with Gasteiger partial charge in [0.2, 0.25) is 0 Å². The number of carbonyl (C=O) groups is 1. The van der Waals surface area contributed by atoms with E-state index in [1.165, 1.54) is 29.6 Å². The third kappa shape index (κ3) is 2.97. The zero-order valence-corrected chi connectivity index (χ0v) is 14.4. The topological polar surface area (TPSA) is 101 Å². The number of aryl methyl sites for hydroxylation is 2. The summed E-state index contributed by atoms with van der Waals surface area (Å²) in [6.07, 6.45) is 8.59. The number of nitrogens with one attached hydrogen (secondary N) is 2. The van der Waals surface area contributed by atoms with Crippen LogP contribution in [-0.4, -0.2) is 24.4 Å². The average molecular weight is 358 g/mol. The van der Waals surface area contributed by atoms with Crippen molar-refractivity contribution in [2.45, 2.75) is 43.7 Å². The predicted octanol–water partition coefficient (Wildman–Crippen LogP) is 1.96. The van der Waals surface area contributed by atoms with Crippen molar-refractivity contribution in [2.75, 3.05) is 5.32 Å². The first-order chi connectivity index (χ1) is 12.0. The lowest BCUT2D eigenvalue weighted by Gasteiger charge is -2.16. The van der Waals surface area contributed by atoms with Gasteiger partial charge in [0.1, 0.15) is 0 Å². The lowest BCUT2D eigenvalue weighted by Crippen LogP contribution is -2.35. The highest BCUT2D eigenvalue weighted by Crippen LogP contribution is 2.38. The molecule has 130 valence electrons. The number of amides is 2. The Balaban J connectivity index is 1.60. The van der Waals surface area contributed by atoms with Crippen LogP contribution in [0, 0.1) is 0 Å². The molecule has 2 aliphatic carbocycles. The van der Waals surface area contributed by atoms with E-state index >= 15 is 0 Å². The minimum atomic E-state index is -4.09. The number of fused-ring (bicyclic) bond motifs is 2. The molecule has 2 aliphatic rings. The number of nitrogens with zero attached hydrogens (tertiary/aromatic N) is 2. The van der Waals surface area contributed by atoms with Crippen molar-refractivity contribution in [3.63, 3.8) is 0 Å². The van der Waals surface area contributed by atoms with E-state index in [0.717, 1.165) is 55.3 Å². The van der Waals surface area contributed by atoms with Crippen molar-refractivity contribution < 1.29 is 13.2 Å². The quantitative estimate of drug-likeness (QED) is 0.817. The Bertz CT molecular complexity index is 910. The van der Waals surface area contributed by atoms with Crippen molar-refractivity contribution in [2.24, 2.45) is 0 Å². The highest BCUT2D eigenvalue weighted by Gasteiger charge is 2.26. The summed E-state index contributed by atoms with van der Waals surface area (Å²) in [4.78, 5) is 19.7. The van der Waals surface area contributed by atoms with Crippen LogP contribution >= 0.6 is 0 Å². The number of rotatable bonds is 3. The lowest BCUT2D eigenvalue weighted by molar-refractivity contribution is 0.256. The second-order valence-corrected chi connectivity index (χ2v) is 7.90. The molecule has 0 fully saturated rings. The van der Waals surface area contributed by atoms with Gasteiger partial charge in [-0.1, -0.05) is 6.07 Å². The molecular weight excluding hydrogens is 340 g/mol. The molecule has 4 rings (SSSR count). The van der Waals surface area contributed by atoms with E-state index in [9.17, 15) is 13.2 Å². The molecule has 0 bridgehead atoms. The normalized spacial score (nSPS) is 15.5. The molecule has 0 atom stereocenters. The van der Waals surface area contributed by atoms with Crippen LogP contribution in [0.2, 0.25) is 0 Å². The Kier molecular flexibility index (Phi) is 3.91. The molecule has 0 spiro atoms. The summed E-state index contributed by atoms with van der Waals surface area (Å²) in [7, 11) is -4.09. The van der Waals surface area contributed by atoms with Crippen LogP contribution in [-0.2, 0) is 35.7 Å². The Morgan fingerprint density at radius 1 is 0.960 bits per heavy atom. The van der Waals surface area contributed by atoms with Gasteiger partial charge in [0.05, 0.1) is 0 Å². The van der Waals surface area contributed by atoms with Gasteiger partial charge in [0.15, 0.2) is 0 Å². The third-order valence-corrected chi connectivity index (χ3v) is 5.87. The van der Waals surface area contributed by atoms with Gasteiger partial charge in [-0.05, 0) is 66.8 Å². The van der Waals surface area contributed by atoms with Gasteiger partial charge in [-0.3, -0.25) is 0 Å². The molecule has 1 aromatic heterocycles. The van der Waals surface area contributed by atoms with Crippen LogP contribution < -0.4 is 10.0 Å². The van der Waals surface area contributed by atoms with E-state index in [4.69, 9.17) is 0 Å². The summed E-state index contributed by atoms with van der Waals surface area (Å²) < 4.78 is 26.4. The first-order valence-corrected chi connectivity index (χ1v) is 9.80. The van der Waals surface area contributed by atoms with Crippen molar-refractivity contribution in [1.29, 1.82) is 0 Å². The van der Waals surface area contributed by atoms with E-state index < -0.39 is 21.2 Å². The zero-order chi connectivity index (χ0) is 17.4. The molecule has 1 heterocycles. The predicted molar refractivity (Wildman–Crippen MR) is 91.9 cm³/mol. The molecule has 1 aromatic carbocycles. The molecular formula is C17H18N4O3S. The highest BCUT2D eigenvalue weighted by atomic mass is 32.2. The summed E-state index contributed by atoms with van der Waals surface area (Å²) in [6.45, 7) is 0. The molecule has 0 unspecified atom stereocenters. The number of sulfonamides is 1. The first kappa shape index (κ1) is 16.0. The first-order valence-electron chi connectivity index (χ1n) is 8.32. The number of carbonyl (C=O) groups excluding carboxylic acids is 1. The number of benzene rings is 1. The molecule has 0 saturated heterocycles. The van der Waals surface area contributed by atoms with E-state index in [-0.39, 0.29) is 0 Å². The van der Waals surface area contributed by atoms with Gasteiger partial charge in [0, 0.05) is 18.1 Å². The fourth-order valence-corrected chi connectivity index (χ4v) is 4.48. The maximum atomic E-state index is 12.3. The third-order valence-electron chi connectivity index (χ3n) is 4.72. The van der Waals surface area contributed by atoms with Gasteiger partial charge in [-0.2, -0.15) is 8.42 Å². The van der Waals surface area contributed by atoms with E-state index in [0.29, 0.717) is 0 Å². The summed E-state index contributed by atoms with van der Waals surface area (Å²) >= 11 is 0. The molecule has 8 heteroatoms. The minimum Gasteiger partial charge on any atom is -0.307 e. The monoisotopic (exact) mass is 358 g/mol. The number of hydrogen-bond acceptors (Lipinski definition) is 5. The van der Waals surface area contributed by atoms with Gasteiger partial charge in [-0.25, -0.2) is 19.5 Å². The van der Waals surface area contributed by atoms with Gasteiger partial charge in [0.25, 0.3) is 5.16 Å². The molecule has 2 N–H and O–H groups in total. The molecule has 25 heavy (non-hydrogen) atoms. The Morgan fingerprint density at radius 3 is 2.16 bits per heavy atom. The summed E-state index contributed by atoms with van der Waals surface area (Å²) in [5.41, 5.74) is 5.62. The fraction of sp³-hybridized carbons (Fsp3) is 0.353. The second kappa shape index (κ2) is 6.11. The summed E-state index contributed by atoms with van der Waals surface area (Å²) in [6, 6.07) is 2.99. The Morgan fingerprint density at radius 2 is 1.56 bits per heavy atom. The van der Waals surface area contributed by atoms with Crippen molar-refractivity contribution in [1.82, 2.24) is 14.7 Å². The standard InChI is InChI=1S/C17H18N4O3S/c22-16(21-25(23,24)17-18-8-3-9-19-17)20-15-13-6-1-4-11(13)10-12-5-2-7-14(12)15/h3,8-10H,1-2,4-7H2,(H2,20,21,22). The fourth-order valence-electron chi connectivity index (χ4n) is 3.70. The second-order valence-electron chi connectivity index (χ2n) is 6.33. The van der Waals surface area contributed by atoms with Gasteiger partial charge in [-0.15, -0.1) is 0 Å². The van der Waals surface area contributed by atoms with Crippen LogP contribution in [0.3, 0.4) is 0 Å². The van der Waals surface area contributed by atoms with Crippen LogP contribution in [0.25, 0.3) is 0 Å². The molecule has 0 saturated carbocycles. The number of urea groups is 1. The van der Waals surface area contributed by atoms with Crippen LogP contribution in [0.1, 0.15) is 35.1 Å². The van der Waals surface area contributed by atoms with E-state index in [1.54, 1.807) is 0 Å². The van der Waals surface area contributed by atoms with Crippen LogP contribution in [0.15, 0.2) is 29.7 Å². The minimum absolute atomic E-state index is 0.423. The Hall–Kier alpha value is -2.48. The zero-order valence-electron chi connectivity index (χ0n) is 13.6.